The first kappa shape index (κ1) is 26.8. The molecule has 0 bridgehead atoms. The lowest BCUT2D eigenvalue weighted by atomic mass is 9.97. The van der Waals surface area contributed by atoms with E-state index < -0.39 is 23.5 Å². The Morgan fingerprint density at radius 1 is 0.973 bits per heavy atom. The average molecular weight is 558 g/mol. The molecule has 1 fully saturated rings. The van der Waals surface area contributed by atoms with Crippen LogP contribution in [0.4, 0.5) is 26.3 Å². The number of halogens is 6. The van der Waals surface area contributed by atoms with E-state index in [2.05, 4.69) is 20.6 Å². The molecule has 1 aromatic heterocycles. The second-order valence-corrected chi connectivity index (χ2v) is 9.71. The zero-order chi connectivity index (χ0) is 26.8. The van der Waals surface area contributed by atoms with Crippen LogP contribution in [0.1, 0.15) is 35.4 Å². The molecular weight excluding hydrogens is 540 g/mol. The standard InChI is InChI=1S/C23H17F6N5OS2/c24-22(25,26)16-10-15(11-17(12-16)23(27,28)29)14-5-3-4-13(8-14)9-18-20(35)34(21(36)37-18)7-2-1-6-19-30-32-33-31-19/h3-5,8-12H,1-2,6-7H2,(H,30,31,32,33). The van der Waals surface area contributed by atoms with E-state index in [0.29, 0.717) is 58.6 Å². The molecule has 0 unspecified atom stereocenters. The second-order valence-electron chi connectivity index (χ2n) is 8.04. The fourth-order valence-electron chi connectivity index (χ4n) is 3.62. The largest absolute Gasteiger partial charge is 0.416 e. The third-order valence-corrected chi connectivity index (χ3v) is 6.78. The van der Waals surface area contributed by atoms with Gasteiger partial charge in [-0.1, -0.05) is 47.4 Å². The van der Waals surface area contributed by atoms with Gasteiger partial charge < -0.3 is 0 Å². The monoisotopic (exact) mass is 557 g/mol. The number of nitrogens with zero attached hydrogens (tertiary/aromatic N) is 4. The number of benzene rings is 2. The lowest BCUT2D eigenvalue weighted by Crippen LogP contribution is -2.29. The molecule has 3 aromatic rings. The molecule has 37 heavy (non-hydrogen) atoms. The average Bonchev–Trinajstić information content (AvgIpc) is 3.44. The van der Waals surface area contributed by atoms with Gasteiger partial charge in [-0.2, -0.15) is 31.6 Å². The maximum atomic E-state index is 13.3. The molecule has 1 aliphatic heterocycles. The van der Waals surface area contributed by atoms with Gasteiger partial charge in [-0.25, -0.2) is 0 Å². The maximum absolute atomic E-state index is 13.3. The van der Waals surface area contributed by atoms with Crippen molar-refractivity contribution in [2.24, 2.45) is 0 Å². The Labute approximate surface area is 216 Å². The molecule has 0 aliphatic carbocycles. The number of carbonyl (C=O) groups excluding carboxylic acids is 1. The lowest BCUT2D eigenvalue weighted by molar-refractivity contribution is -0.143. The van der Waals surface area contributed by atoms with Gasteiger partial charge in [0.1, 0.15) is 4.32 Å². The third kappa shape index (κ3) is 6.55. The Balaban J connectivity index is 1.53. The van der Waals surface area contributed by atoms with E-state index >= 15 is 0 Å². The summed E-state index contributed by atoms with van der Waals surface area (Å²) in [6, 6.07) is 7.34. The predicted octanol–water partition coefficient (Wildman–Crippen LogP) is 6.13. The Morgan fingerprint density at radius 3 is 2.30 bits per heavy atom. The smallest absolute Gasteiger partial charge is 0.293 e. The summed E-state index contributed by atoms with van der Waals surface area (Å²) in [5.41, 5.74) is -2.47. The van der Waals surface area contributed by atoms with Crippen molar-refractivity contribution in [1.29, 1.82) is 0 Å². The fourth-order valence-corrected chi connectivity index (χ4v) is 4.92. The number of hydrogen-bond acceptors (Lipinski definition) is 6. The van der Waals surface area contributed by atoms with Gasteiger partial charge in [0.2, 0.25) is 0 Å². The maximum Gasteiger partial charge on any atom is 0.416 e. The number of alkyl halides is 6. The minimum absolute atomic E-state index is 0.0842. The second kappa shape index (κ2) is 10.6. The highest BCUT2D eigenvalue weighted by Crippen LogP contribution is 2.39. The minimum atomic E-state index is -4.95. The van der Waals surface area contributed by atoms with Crippen LogP contribution in [-0.4, -0.2) is 42.3 Å². The number of unbranched alkanes of at least 4 members (excludes halogenated alkanes) is 1. The Kier molecular flexibility index (Phi) is 7.69. The molecule has 4 rings (SSSR count). The molecule has 1 amide bonds. The van der Waals surface area contributed by atoms with Crippen LogP contribution in [0, 0.1) is 0 Å². The van der Waals surface area contributed by atoms with Gasteiger partial charge in [0.25, 0.3) is 5.91 Å². The van der Waals surface area contributed by atoms with Gasteiger partial charge in [-0.15, -0.1) is 10.2 Å². The van der Waals surface area contributed by atoms with E-state index in [-0.39, 0.29) is 23.1 Å². The molecule has 194 valence electrons. The number of thioether (sulfide) groups is 1. The first-order valence-electron chi connectivity index (χ1n) is 10.8. The summed E-state index contributed by atoms with van der Waals surface area (Å²) in [6.07, 6.45) is -6.46. The van der Waals surface area contributed by atoms with Gasteiger partial charge in [0.15, 0.2) is 5.82 Å². The molecule has 0 radical (unpaired) electrons. The van der Waals surface area contributed by atoms with Crippen molar-refractivity contribution in [3.8, 4) is 11.1 Å². The molecule has 1 saturated heterocycles. The lowest BCUT2D eigenvalue weighted by Gasteiger charge is -2.14. The van der Waals surface area contributed by atoms with Crippen LogP contribution < -0.4 is 0 Å². The molecule has 1 aliphatic rings. The third-order valence-electron chi connectivity index (χ3n) is 5.40. The van der Waals surface area contributed by atoms with Gasteiger partial charge >= 0.3 is 12.4 Å². The van der Waals surface area contributed by atoms with Crippen LogP contribution >= 0.6 is 24.0 Å². The van der Waals surface area contributed by atoms with Crippen molar-refractivity contribution in [2.75, 3.05) is 6.54 Å². The summed E-state index contributed by atoms with van der Waals surface area (Å²) in [7, 11) is 0. The highest BCUT2D eigenvalue weighted by molar-refractivity contribution is 8.26. The SMILES string of the molecule is O=C1C(=Cc2cccc(-c3cc(C(F)(F)F)cc(C(F)(F)F)c3)c2)SC(=S)N1CCCCc1nn[nH]n1. The highest BCUT2D eigenvalue weighted by atomic mass is 32.2. The van der Waals surface area contributed by atoms with Crippen LogP contribution in [0.25, 0.3) is 17.2 Å². The van der Waals surface area contributed by atoms with Crippen molar-refractivity contribution in [1.82, 2.24) is 25.5 Å². The van der Waals surface area contributed by atoms with Crippen molar-refractivity contribution in [2.45, 2.75) is 31.6 Å². The van der Waals surface area contributed by atoms with Gasteiger partial charge in [-0.05, 0) is 59.9 Å². The number of aromatic amines is 1. The molecular formula is C23H17F6N5OS2. The Bertz CT molecular complexity index is 1310. The van der Waals surface area contributed by atoms with E-state index in [1.54, 1.807) is 6.07 Å². The van der Waals surface area contributed by atoms with Crippen LogP contribution in [-0.2, 0) is 23.6 Å². The number of hydrogen-bond donors (Lipinski definition) is 1. The molecule has 2 heterocycles. The van der Waals surface area contributed by atoms with Crippen molar-refractivity contribution in [3.05, 3.63) is 69.9 Å². The van der Waals surface area contributed by atoms with Gasteiger partial charge in [0, 0.05) is 13.0 Å². The Hall–Kier alpha value is -3.26. The Morgan fingerprint density at radius 2 is 1.68 bits per heavy atom. The zero-order valence-electron chi connectivity index (χ0n) is 18.7. The van der Waals surface area contributed by atoms with E-state index in [1.165, 1.54) is 29.2 Å². The topological polar surface area (TPSA) is 74.8 Å². The molecule has 6 nitrogen and oxygen atoms in total. The molecule has 0 atom stereocenters. The first-order chi connectivity index (χ1) is 17.4. The summed E-state index contributed by atoms with van der Waals surface area (Å²) >= 11 is 6.39. The van der Waals surface area contributed by atoms with Crippen molar-refractivity contribution < 1.29 is 31.1 Å². The number of amides is 1. The van der Waals surface area contributed by atoms with Gasteiger partial charge in [0.05, 0.1) is 16.0 Å². The zero-order valence-corrected chi connectivity index (χ0v) is 20.4. The number of aromatic nitrogens is 4. The molecule has 14 heteroatoms. The summed E-state index contributed by atoms with van der Waals surface area (Å²) in [4.78, 5) is 14.6. The summed E-state index contributed by atoms with van der Waals surface area (Å²) < 4.78 is 79.9. The molecule has 0 spiro atoms. The van der Waals surface area contributed by atoms with E-state index in [1.807, 2.05) is 0 Å². The first-order valence-corrected chi connectivity index (χ1v) is 12.0. The van der Waals surface area contributed by atoms with E-state index in [9.17, 15) is 31.1 Å². The minimum Gasteiger partial charge on any atom is -0.293 e. The van der Waals surface area contributed by atoms with Crippen LogP contribution in [0.2, 0.25) is 0 Å². The number of aryl methyl sites for hydroxylation is 1. The number of tetrazole rings is 1. The number of H-pyrrole nitrogens is 1. The van der Waals surface area contributed by atoms with Crippen LogP contribution in [0.3, 0.4) is 0 Å². The molecule has 1 N–H and O–H groups in total. The van der Waals surface area contributed by atoms with E-state index in [0.717, 1.165) is 11.8 Å². The number of thiocarbonyl (C=S) groups is 1. The number of rotatable bonds is 7. The number of carbonyl (C=O) groups is 1. The summed E-state index contributed by atoms with van der Waals surface area (Å²) in [6.45, 7) is 0.379. The number of nitrogens with one attached hydrogen (secondary N) is 1. The van der Waals surface area contributed by atoms with E-state index in [4.69, 9.17) is 12.2 Å². The van der Waals surface area contributed by atoms with Crippen LogP contribution in [0.15, 0.2) is 47.4 Å². The summed E-state index contributed by atoms with van der Waals surface area (Å²) in [5.74, 6) is 0.242. The predicted molar refractivity (Wildman–Crippen MR) is 129 cm³/mol. The quantitative estimate of drug-likeness (QED) is 0.163. The summed E-state index contributed by atoms with van der Waals surface area (Å²) in [5, 5.41) is 13.6. The van der Waals surface area contributed by atoms with Crippen LogP contribution in [0.5, 0.6) is 0 Å². The molecule has 0 saturated carbocycles. The molecule has 2 aromatic carbocycles. The van der Waals surface area contributed by atoms with Gasteiger partial charge in [-0.3, -0.25) is 9.69 Å². The van der Waals surface area contributed by atoms with Crippen molar-refractivity contribution in [3.63, 3.8) is 0 Å². The normalized spacial score (nSPS) is 15.7. The van der Waals surface area contributed by atoms with Crippen molar-refractivity contribution >= 4 is 40.3 Å². The fraction of sp³-hybridized carbons (Fsp3) is 0.261. The highest BCUT2D eigenvalue weighted by Gasteiger charge is 2.37.